The van der Waals surface area contributed by atoms with Crippen molar-refractivity contribution in [1.29, 1.82) is 0 Å². The Morgan fingerprint density at radius 2 is 1.77 bits per heavy atom. The van der Waals surface area contributed by atoms with E-state index in [-0.39, 0.29) is 24.7 Å². The van der Waals surface area contributed by atoms with Crippen LogP contribution in [0.15, 0.2) is 60.9 Å². The molecule has 35 heavy (non-hydrogen) atoms. The molecule has 0 spiro atoms. The number of amides is 1. The lowest BCUT2D eigenvalue weighted by atomic mass is 10.1. The fourth-order valence-corrected chi connectivity index (χ4v) is 3.58. The highest BCUT2D eigenvalue weighted by Gasteiger charge is 2.23. The van der Waals surface area contributed by atoms with Gasteiger partial charge in [-0.3, -0.25) is 14.5 Å². The van der Waals surface area contributed by atoms with E-state index in [1.54, 1.807) is 53.7 Å². The van der Waals surface area contributed by atoms with Crippen molar-refractivity contribution < 1.29 is 28.2 Å². The van der Waals surface area contributed by atoms with Crippen LogP contribution in [0.1, 0.15) is 10.4 Å². The van der Waals surface area contributed by atoms with E-state index < -0.39 is 18.5 Å². The Morgan fingerprint density at radius 3 is 2.40 bits per heavy atom. The minimum absolute atomic E-state index is 0.0660. The number of alkyl halides is 2. The lowest BCUT2D eigenvalue weighted by Gasteiger charge is -2.27. The van der Waals surface area contributed by atoms with Crippen molar-refractivity contribution in [3.8, 4) is 16.9 Å². The van der Waals surface area contributed by atoms with Gasteiger partial charge >= 0.3 is 6.61 Å². The fraction of sp³-hybridized carbons (Fsp3) is 0.250. The number of ketones is 1. The molecule has 4 rings (SSSR count). The van der Waals surface area contributed by atoms with Crippen molar-refractivity contribution in [3.63, 3.8) is 0 Å². The summed E-state index contributed by atoms with van der Waals surface area (Å²) >= 11 is 0. The number of hydrogen-bond acceptors (Lipinski definition) is 8. The molecule has 182 valence electrons. The summed E-state index contributed by atoms with van der Waals surface area (Å²) in [5.74, 6) is -0.155. The van der Waals surface area contributed by atoms with Gasteiger partial charge in [-0.2, -0.15) is 8.78 Å². The van der Waals surface area contributed by atoms with Crippen molar-refractivity contribution in [1.82, 2.24) is 20.2 Å². The molecule has 1 fully saturated rings. The predicted molar refractivity (Wildman–Crippen MR) is 124 cm³/mol. The number of carbonyl (C=O) groups excluding carboxylic acids is 2. The van der Waals surface area contributed by atoms with Crippen molar-refractivity contribution in [2.24, 2.45) is 0 Å². The van der Waals surface area contributed by atoms with Crippen LogP contribution in [0.25, 0.3) is 11.1 Å². The minimum atomic E-state index is -2.88. The van der Waals surface area contributed by atoms with Gasteiger partial charge in [-0.15, -0.1) is 0 Å². The molecule has 1 amide bonds. The molecular weight excluding hydrogens is 460 g/mol. The molecule has 0 saturated carbocycles. The zero-order valence-corrected chi connectivity index (χ0v) is 18.5. The maximum absolute atomic E-state index is 12.5. The van der Waals surface area contributed by atoms with Crippen LogP contribution in [0.5, 0.6) is 5.75 Å². The van der Waals surface area contributed by atoms with Gasteiger partial charge in [0.15, 0.2) is 5.78 Å². The standard InChI is InChI=1S/C24H23F2N5O4/c25-23(26)35-19-7-3-15(4-8-19)17-11-28-24(29-12-17)30-18-5-1-16(2-6-18)22(34)20(32)13-31-10-9-27-21(33)14-31/h1-8,11-12,20,23,32H,9-10,13-14H2,(H,27,33)(H,28,29,30). The second kappa shape index (κ2) is 11.0. The lowest BCUT2D eigenvalue weighted by molar-refractivity contribution is -0.124. The maximum Gasteiger partial charge on any atom is 0.387 e. The zero-order valence-electron chi connectivity index (χ0n) is 18.5. The predicted octanol–water partition coefficient (Wildman–Crippen LogP) is 2.46. The molecular formula is C24H23F2N5O4. The molecule has 1 saturated heterocycles. The van der Waals surface area contributed by atoms with E-state index in [4.69, 9.17) is 0 Å². The van der Waals surface area contributed by atoms with Crippen LogP contribution in [0, 0.1) is 0 Å². The number of halogens is 2. The molecule has 2 heterocycles. The number of nitrogens with zero attached hydrogens (tertiary/aromatic N) is 3. The van der Waals surface area contributed by atoms with E-state index >= 15 is 0 Å². The second-order valence-corrected chi connectivity index (χ2v) is 7.87. The Hall–Kier alpha value is -3.96. The summed E-state index contributed by atoms with van der Waals surface area (Å²) in [5, 5.41) is 16.0. The number of aliphatic hydroxyl groups excluding tert-OH is 1. The van der Waals surface area contributed by atoms with E-state index in [0.717, 1.165) is 5.56 Å². The Labute approximate surface area is 199 Å². The fourth-order valence-electron chi connectivity index (χ4n) is 3.58. The van der Waals surface area contributed by atoms with E-state index in [1.165, 1.54) is 12.1 Å². The van der Waals surface area contributed by atoms with E-state index in [1.807, 2.05) is 0 Å². The Kier molecular flexibility index (Phi) is 7.58. The first-order chi connectivity index (χ1) is 16.9. The number of piperazine rings is 1. The van der Waals surface area contributed by atoms with E-state index in [9.17, 15) is 23.5 Å². The number of Topliss-reactive ketones (excluding diaryl/α,β-unsaturated/α-hetero) is 1. The van der Waals surface area contributed by atoms with Gasteiger partial charge in [0.05, 0.1) is 6.54 Å². The summed E-state index contributed by atoms with van der Waals surface area (Å²) in [6.45, 7) is -1.56. The van der Waals surface area contributed by atoms with Gasteiger partial charge in [-0.05, 0) is 42.0 Å². The minimum Gasteiger partial charge on any atom is -0.435 e. The molecule has 0 aliphatic carbocycles. The third-order valence-corrected chi connectivity index (χ3v) is 5.34. The van der Waals surface area contributed by atoms with Gasteiger partial charge in [0.2, 0.25) is 11.9 Å². The molecule has 1 aromatic heterocycles. The molecule has 1 atom stereocenters. The number of ether oxygens (including phenoxy) is 1. The summed E-state index contributed by atoms with van der Waals surface area (Å²) in [4.78, 5) is 34.3. The highest BCUT2D eigenvalue weighted by molar-refractivity contribution is 5.99. The van der Waals surface area contributed by atoms with Gasteiger partial charge in [0.25, 0.3) is 0 Å². The highest BCUT2D eigenvalue weighted by atomic mass is 19.3. The van der Waals surface area contributed by atoms with Crippen LogP contribution in [-0.2, 0) is 4.79 Å². The topological polar surface area (TPSA) is 117 Å². The van der Waals surface area contributed by atoms with Crippen molar-refractivity contribution in [3.05, 3.63) is 66.5 Å². The zero-order chi connectivity index (χ0) is 24.8. The molecule has 11 heteroatoms. The monoisotopic (exact) mass is 483 g/mol. The van der Waals surface area contributed by atoms with Gasteiger partial charge in [0.1, 0.15) is 11.9 Å². The summed E-state index contributed by atoms with van der Waals surface area (Å²) in [6, 6.07) is 12.7. The number of nitrogens with one attached hydrogen (secondary N) is 2. The molecule has 2 aromatic carbocycles. The first-order valence-corrected chi connectivity index (χ1v) is 10.8. The number of aliphatic hydroxyl groups is 1. The SMILES string of the molecule is O=C1CN(CC(O)C(=O)c2ccc(Nc3ncc(-c4ccc(OC(F)F)cc4)cn3)cc2)CCN1. The molecule has 3 aromatic rings. The van der Waals surface area contributed by atoms with Crippen LogP contribution < -0.4 is 15.4 Å². The van der Waals surface area contributed by atoms with Crippen LogP contribution in [0.2, 0.25) is 0 Å². The third kappa shape index (κ3) is 6.55. The smallest absolute Gasteiger partial charge is 0.387 e. The molecule has 9 nitrogen and oxygen atoms in total. The maximum atomic E-state index is 12.5. The number of β-amino-alcohol motifs (C(OH)–C–C–N with tert-alkyl or cyclic N) is 1. The molecule has 1 unspecified atom stereocenters. The number of rotatable bonds is 9. The largest absolute Gasteiger partial charge is 0.435 e. The molecule has 1 aliphatic heterocycles. The van der Waals surface area contributed by atoms with Gasteiger partial charge < -0.3 is 20.5 Å². The first kappa shape index (κ1) is 24.2. The van der Waals surface area contributed by atoms with Crippen LogP contribution in [-0.4, -0.2) is 70.6 Å². The number of aromatic nitrogens is 2. The summed E-state index contributed by atoms with van der Waals surface area (Å²) in [6.07, 6.45) is 1.95. The van der Waals surface area contributed by atoms with Crippen molar-refractivity contribution in [2.45, 2.75) is 12.7 Å². The van der Waals surface area contributed by atoms with Gasteiger partial charge in [-0.1, -0.05) is 12.1 Å². The number of hydrogen-bond donors (Lipinski definition) is 3. The quantitative estimate of drug-likeness (QED) is 0.398. The third-order valence-electron chi connectivity index (χ3n) is 5.34. The van der Waals surface area contributed by atoms with Gasteiger partial charge in [-0.25, -0.2) is 9.97 Å². The summed E-state index contributed by atoms with van der Waals surface area (Å²) in [5.41, 5.74) is 2.43. The first-order valence-electron chi connectivity index (χ1n) is 10.8. The Morgan fingerprint density at radius 1 is 1.09 bits per heavy atom. The lowest BCUT2D eigenvalue weighted by Crippen LogP contribution is -2.50. The molecule has 1 aliphatic rings. The molecule has 0 bridgehead atoms. The van der Waals surface area contributed by atoms with E-state index in [0.29, 0.717) is 35.9 Å². The summed E-state index contributed by atoms with van der Waals surface area (Å²) in [7, 11) is 0. The van der Waals surface area contributed by atoms with Gasteiger partial charge in [0, 0.05) is 48.8 Å². The Balaban J connectivity index is 1.33. The van der Waals surface area contributed by atoms with Crippen molar-refractivity contribution >= 4 is 23.3 Å². The average molecular weight is 483 g/mol. The molecule has 3 N–H and O–H groups in total. The van der Waals surface area contributed by atoms with E-state index in [2.05, 4.69) is 25.3 Å². The van der Waals surface area contributed by atoms with Crippen LogP contribution in [0.3, 0.4) is 0 Å². The van der Waals surface area contributed by atoms with Crippen LogP contribution >= 0.6 is 0 Å². The van der Waals surface area contributed by atoms with Crippen molar-refractivity contribution in [2.75, 3.05) is 31.5 Å². The normalized spacial score (nSPS) is 14.9. The number of benzene rings is 2. The average Bonchev–Trinajstić information content (AvgIpc) is 2.85. The van der Waals surface area contributed by atoms with Crippen LogP contribution in [0.4, 0.5) is 20.4 Å². The second-order valence-electron chi connectivity index (χ2n) is 7.87. The molecule has 0 radical (unpaired) electrons. The Bertz CT molecular complexity index is 1160. The highest BCUT2D eigenvalue weighted by Crippen LogP contribution is 2.23. The number of anilines is 2. The number of carbonyl (C=O) groups is 2. The summed E-state index contributed by atoms with van der Waals surface area (Å²) < 4.78 is 28.9.